The zero-order valence-electron chi connectivity index (χ0n) is 37.8. The standard InChI is InChI=1S/C67H44N2/c1-4-17-44(18-5-1)48-32-35-65-61(42-48)56-26-12-14-29-63(56)68(65)53-24-16-23-47(38-53)52-37-51(45-19-6-2-7-20-45)39-54(40-52)69-64-30-15-13-27-57(64)62-43-50(33-36-66(62)69)49-31-34-59-60(41-49)55-25-10-11-28-58(55)67(59)46-21-8-3-9-22-46/h1-43,67H/t67-/m1/s1. The van der Waals surface area contributed by atoms with Crippen molar-refractivity contribution in [1.82, 2.24) is 9.13 Å². The van der Waals surface area contributed by atoms with Crippen molar-refractivity contribution in [2.24, 2.45) is 0 Å². The summed E-state index contributed by atoms with van der Waals surface area (Å²) in [5.41, 5.74) is 23.3. The van der Waals surface area contributed by atoms with Gasteiger partial charge in [0.2, 0.25) is 0 Å². The average molecular weight is 877 g/mol. The van der Waals surface area contributed by atoms with E-state index in [1.165, 1.54) is 105 Å². The molecule has 13 aromatic rings. The van der Waals surface area contributed by atoms with Crippen LogP contribution in [0.2, 0.25) is 0 Å². The van der Waals surface area contributed by atoms with E-state index in [9.17, 15) is 0 Å². The summed E-state index contributed by atoms with van der Waals surface area (Å²) in [6.45, 7) is 0. The Morgan fingerprint density at radius 1 is 0.232 bits per heavy atom. The molecule has 2 heteroatoms. The van der Waals surface area contributed by atoms with Crippen molar-refractivity contribution < 1.29 is 0 Å². The average Bonchev–Trinajstić information content (AvgIpc) is 4.06. The molecule has 0 saturated heterocycles. The Balaban J connectivity index is 0.910. The molecule has 1 aliphatic carbocycles. The normalized spacial score (nSPS) is 13.1. The highest BCUT2D eigenvalue weighted by Crippen LogP contribution is 2.49. The topological polar surface area (TPSA) is 9.86 Å². The van der Waals surface area contributed by atoms with Gasteiger partial charge in [-0.3, -0.25) is 0 Å². The summed E-state index contributed by atoms with van der Waals surface area (Å²) in [6.07, 6.45) is 0. The van der Waals surface area contributed by atoms with Crippen LogP contribution in [0.4, 0.5) is 0 Å². The SMILES string of the molecule is c1ccc(-c2cc(-c3cccc(-n4c5ccccc5c5cc(-c6ccccc6)ccc54)c3)cc(-n3c4ccccc4c4cc(-c5ccc6c(c5)-c5ccccc5[C@H]6c5ccccc5)ccc43)c2)cc1. The zero-order chi connectivity index (χ0) is 45.4. The first-order chi connectivity index (χ1) is 34.2. The minimum Gasteiger partial charge on any atom is -0.309 e. The third-order valence-corrected chi connectivity index (χ3v) is 14.6. The zero-order valence-corrected chi connectivity index (χ0v) is 37.8. The molecule has 14 rings (SSSR count). The van der Waals surface area contributed by atoms with Gasteiger partial charge in [0, 0.05) is 38.8 Å². The van der Waals surface area contributed by atoms with Crippen LogP contribution in [-0.2, 0) is 0 Å². The highest BCUT2D eigenvalue weighted by Gasteiger charge is 2.30. The van der Waals surface area contributed by atoms with Gasteiger partial charge in [-0.05, 0) is 145 Å². The first kappa shape index (κ1) is 39.2. The van der Waals surface area contributed by atoms with Gasteiger partial charge >= 0.3 is 0 Å². The molecule has 69 heavy (non-hydrogen) atoms. The van der Waals surface area contributed by atoms with Gasteiger partial charge in [0.15, 0.2) is 0 Å². The minimum absolute atomic E-state index is 0.230. The van der Waals surface area contributed by atoms with Crippen LogP contribution >= 0.6 is 0 Å². The lowest BCUT2D eigenvalue weighted by Crippen LogP contribution is -1.98. The molecular weight excluding hydrogens is 833 g/mol. The van der Waals surface area contributed by atoms with Crippen molar-refractivity contribution in [3.8, 4) is 67.0 Å². The second-order valence-corrected chi connectivity index (χ2v) is 18.5. The number of hydrogen-bond donors (Lipinski definition) is 0. The van der Waals surface area contributed by atoms with Crippen molar-refractivity contribution in [2.75, 3.05) is 0 Å². The summed E-state index contributed by atoms with van der Waals surface area (Å²) >= 11 is 0. The van der Waals surface area contributed by atoms with Crippen LogP contribution in [0, 0.1) is 0 Å². The number of rotatable bonds is 7. The van der Waals surface area contributed by atoms with Gasteiger partial charge in [0.1, 0.15) is 0 Å². The van der Waals surface area contributed by atoms with Gasteiger partial charge in [0.25, 0.3) is 0 Å². The number of para-hydroxylation sites is 2. The fourth-order valence-electron chi connectivity index (χ4n) is 11.4. The fourth-order valence-corrected chi connectivity index (χ4v) is 11.4. The largest absolute Gasteiger partial charge is 0.309 e. The molecule has 0 spiro atoms. The predicted octanol–water partition coefficient (Wildman–Crippen LogP) is 17.7. The van der Waals surface area contributed by atoms with Gasteiger partial charge in [0.05, 0.1) is 22.1 Å². The molecular formula is C67H44N2. The lowest BCUT2D eigenvalue weighted by Gasteiger charge is -2.15. The Morgan fingerprint density at radius 3 is 1.36 bits per heavy atom. The molecule has 322 valence electrons. The van der Waals surface area contributed by atoms with E-state index < -0.39 is 0 Å². The van der Waals surface area contributed by atoms with E-state index in [1.54, 1.807) is 0 Å². The molecule has 1 aliphatic rings. The predicted molar refractivity (Wildman–Crippen MR) is 290 cm³/mol. The number of aromatic nitrogens is 2. The van der Waals surface area contributed by atoms with Crippen LogP contribution in [0.25, 0.3) is 111 Å². The maximum Gasteiger partial charge on any atom is 0.0541 e. The van der Waals surface area contributed by atoms with Gasteiger partial charge in [-0.2, -0.15) is 0 Å². The minimum atomic E-state index is 0.230. The number of hydrogen-bond acceptors (Lipinski definition) is 0. The molecule has 0 bridgehead atoms. The summed E-state index contributed by atoms with van der Waals surface area (Å²) in [6, 6.07) is 96.3. The molecule has 0 aliphatic heterocycles. The Morgan fingerprint density at radius 2 is 0.681 bits per heavy atom. The molecule has 0 radical (unpaired) electrons. The van der Waals surface area contributed by atoms with Crippen molar-refractivity contribution in [2.45, 2.75) is 5.92 Å². The summed E-state index contributed by atoms with van der Waals surface area (Å²) in [5, 5.41) is 4.97. The van der Waals surface area contributed by atoms with Crippen molar-refractivity contribution in [3.05, 3.63) is 278 Å². The Hall–Kier alpha value is -8.98. The van der Waals surface area contributed by atoms with E-state index in [4.69, 9.17) is 0 Å². The second-order valence-electron chi connectivity index (χ2n) is 18.5. The van der Waals surface area contributed by atoms with Crippen molar-refractivity contribution >= 4 is 43.6 Å². The number of benzene rings is 11. The summed E-state index contributed by atoms with van der Waals surface area (Å²) in [5.74, 6) is 0.230. The van der Waals surface area contributed by atoms with E-state index in [-0.39, 0.29) is 5.92 Å². The highest BCUT2D eigenvalue weighted by molar-refractivity contribution is 6.12. The molecule has 2 heterocycles. The Labute approximate surface area is 401 Å². The molecule has 2 aromatic heterocycles. The lowest BCUT2D eigenvalue weighted by molar-refractivity contribution is 1.02. The maximum absolute atomic E-state index is 2.47. The second kappa shape index (κ2) is 15.8. The third-order valence-electron chi connectivity index (χ3n) is 14.6. The Kier molecular flexibility index (Phi) is 9.00. The summed E-state index contributed by atoms with van der Waals surface area (Å²) in [4.78, 5) is 0. The third kappa shape index (κ3) is 6.41. The molecule has 0 unspecified atom stereocenters. The van der Waals surface area contributed by atoms with Crippen LogP contribution in [0.5, 0.6) is 0 Å². The summed E-state index contributed by atoms with van der Waals surface area (Å²) < 4.78 is 4.89. The Bertz CT molecular complexity index is 4120. The van der Waals surface area contributed by atoms with Crippen LogP contribution in [0.1, 0.15) is 22.6 Å². The van der Waals surface area contributed by atoms with Crippen LogP contribution < -0.4 is 0 Å². The molecule has 0 fully saturated rings. The molecule has 0 N–H and O–H groups in total. The van der Waals surface area contributed by atoms with E-state index >= 15 is 0 Å². The van der Waals surface area contributed by atoms with E-state index in [0.717, 1.165) is 22.5 Å². The molecule has 0 saturated carbocycles. The maximum atomic E-state index is 2.47. The van der Waals surface area contributed by atoms with E-state index in [2.05, 4.69) is 270 Å². The first-order valence-corrected chi connectivity index (χ1v) is 23.9. The van der Waals surface area contributed by atoms with Crippen LogP contribution in [0.15, 0.2) is 261 Å². The number of nitrogens with zero attached hydrogens (tertiary/aromatic N) is 2. The van der Waals surface area contributed by atoms with Crippen LogP contribution in [-0.4, -0.2) is 9.13 Å². The summed E-state index contributed by atoms with van der Waals surface area (Å²) in [7, 11) is 0. The number of fused-ring (bicyclic) bond motifs is 9. The van der Waals surface area contributed by atoms with E-state index in [1.807, 2.05) is 0 Å². The molecule has 1 atom stereocenters. The van der Waals surface area contributed by atoms with Crippen molar-refractivity contribution in [1.29, 1.82) is 0 Å². The quantitative estimate of drug-likeness (QED) is 0.151. The van der Waals surface area contributed by atoms with Gasteiger partial charge in [-0.25, -0.2) is 0 Å². The van der Waals surface area contributed by atoms with Gasteiger partial charge < -0.3 is 9.13 Å². The smallest absolute Gasteiger partial charge is 0.0541 e. The van der Waals surface area contributed by atoms with Crippen LogP contribution in [0.3, 0.4) is 0 Å². The monoisotopic (exact) mass is 876 g/mol. The first-order valence-electron chi connectivity index (χ1n) is 23.9. The molecule has 11 aromatic carbocycles. The molecule has 0 amide bonds. The fraction of sp³-hybridized carbons (Fsp3) is 0.0149. The highest BCUT2D eigenvalue weighted by atomic mass is 15.0. The van der Waals surface area contributed by atoms with E-state index in [0.29, 0.717) is 0 Å². The van der Waals surface area contributed by atoms with Gasteiger partial charge in [-0.1, -0.05) is 188 Å². The van der Waals surface area contributed by atoms with Gasteiger partial charge in [-0.15, -0.1) is 0 Å². The molecule has 2 nitrogen and oxygen atoms in total. The van der Waals surface area contributed by atoms with Crippen molar-refractivity contribution in [3.63, 3.8) is 0 Å². The lowest BCUT2D eigenvalue weighted by atomic mass is 9.89.